The van der Waals surface area contributed by atoms with Crippen molar-refractivity contribution in [3.8, 4) is 0 Å². The van der Waals surface area contributed by atoms with Crippen LogP contribution in [0.5, 0.6) is 0 Å². The van der Waals surface area contributed by atoms with Crippen LogP contribution in [0.1, 0.15) is 15.9 Å². The van der Waals surface area contributed by atoms with Crippen LogP contribution in [0.25, 0.3) is 0 Å². The zero-order chi connectivity index (χ0) is 24.1. The van der Waals surface area contributed by atoms with Crippen LogP contribution in [0.15, 0.2) is 60.0 Å². The van der Waals surface area contributed by atoms with Gasteiger partial charge in [-0.3, -0.25) is 9.10 Å². The molecule has 0 unspecified atom stereocenters. The number of carbonyl (C=O) groups excluding carboxylic acids is 2. The number of anilines is 1. The number of ether oxygens (including phenoxy) is 1. The Morgan fingerprint density at radius 2 is 1.91 bits per heavy atom. The van der Waals surface area contributed by atoms with Gasteiger partial charge in [-0.15, -0.1) is 6.58 Å². The molecule has 32 heavy (non-hydrogen) atoms. The molecule has 1 N–H and O–H groups in total. The smallest absolute Gasteiger partial charge is 0.416 e. The molecule has 0 heterocycles. The van der Waals surface area contributed by atoms with Crippen molar-refractivity contribution in [3.05, 3.63) is 71.3 Å². The fraction of sp³-hybridized carbons (Fsp3) is 0.200. The van der Waals surface area contributed by atoms with Gasteiger partial charge in [-0.25, -0.2) is 13.2 Å². The van der Waals surface area contributed by atoms with E-state index in [1.807, 2.05) is 0 Å². The molecule has 0 aromatic heterocycles. The second kappa shape index (κ2) is 10.0. The number of hydrogen-bond acceptors (Lipinski definition) is 5. The Hall–Kier alpha value is -3.05. The minimum atomic E-state index is -4.69. The molecule has 2 aromatic rings. The highest BCUT2D eigenvalue weighted by atomic mass is 35.5. The normalized spacial score (nSPS) is 11.5. The zero-order valence-electron chi connectivity index (χ0n) is 16.6. The van der Waals surface area contributed by atoms with Crippen molar-refractivity contribution in [2.45, 2.75) is 11.1 Å². The van der Waals surface area contributed by atoms with E-state index in [0.717, 1.165) is 24.3 Å². The molecular weight excluding hydrogens is 473 g/mol. The molecule has 0 aliphatic carbocycles. The number of esters is 1. The van der Waals surface area contributed by atoms with Crippen LogP contribution in [-0.2, 0) is 25.7 Å². The molecule has 0 saturated heterocycles. The Balaban J connectivity index is 2.51. The minimum Gasteiger partial charge on any atom is -0.452 e. The lowest BCUT2D eigenvalue weighted by atomic mass is 10.2. The standard InChI is InChI=1S/C20H18ClF3N2O5S/c1-3-9-26(15-6-4-5-14(11-15)20(22,23)24)32(29,30)17-10-13(7-8-16(17)21)19(28)31-12-18(27)25-2/h3-8,10-11H,1,9,12H2,2H3,(H,25,27). The van der Waals surface area contributed by atoms with Gasteiger partial charge in [-0.05, 0) is 36.4 Å². The van der Waals surface area contributed by atoms with E-state index in [1.54, 1.807) is 0 Å². The Morgan fingerprint density at radius 3 is 2.50 bits per heavy atom. The zero-order valence-corrected chi connectivity index (χ0v) is 18.2. The van der Waals surface area contributed by atoms with Crippen LogP contribution in [0.4, 0.5) is 18.9 Å². The fourth-order valence-corrected chi connectivity index (χ4v) is 4.46. The molecule has 2 rings (SSSR count). The largest absolute Gasteiger partial charge is 0.452 e. The lowest BCUT2D eigenvalue weighted by Gasteiger charge is -2.24. The summed E-state index contributed by atoms with van der Waals surface area (Å²) in [7, 11) is -3.19. The van der Waals surface area contributed by atoms with Crippen molar-refractivity contribution in [2.24, 2.45) is 0 Å². The van der Waals surface area contributed by atoms with E-state index in [-0.39, 0.29) is 22.8 Å². The van der Waals surface area contributed by atoms with Crippen LogP contribution < -0.4 is 9.62 Å². The molecule has 0 bridgehead atoms. The summed E-state index contributed by atoms with van der Waals surface area (Å²) in [5, 5.41) is 1.98. The van der Waals surface area contributed by atoms with Gasteiger partial charge in [0.05, 0.1) is 28.4 Å². The lowest BCUT2D eigenvalue weighted by Crippen LogP contribution is -2.32. The third-order valence-corrected chi connectivity index (χ3v) is 6.38. The van der Waals surface area contributed by atoms with Crippen LogP contribution >= 0.6 is 11.6 Å². The van der Waals surface area contributed by atoms with E-state index in [4.69, 9.17) is 16.3 Å². The first-order chi connectivity index (χ1) is 14.9. The maximum atomic E-state index is 13.3. The minimum absolute atomic E-state index is 0.223. The Bertz CT molecular complexity index is 1140. The van der Waals surface area contributed by atoms with Crippen molar-refractivity contribution in [2.75, 3.05) is 24.5 Å². The summed E-state index contributed by atoms with van der Waals surface area (Å²) in [6, 6.07) is 6.98. The Labute approximate surface area is 187 Å². The highest BCUT2D eigenvalue weighted by Gasteiger charge is 2.33. The van der Waals surface area contributed by atoms with Gasteiger partial charge in [0, 0.05) is 7.05 Å². The highest BCUT2D eigenvalue weighted by molar-refractivity contribution is 7.93. The van der Waals surface area contributed by atoms with Crippen molar-refractivity contribution in [3.63, 3.8) is 0 Å². The maximum absolute atomic E-state index is 13.3. The number of sulfonamides is 1. The van der Waals surface area contributed by atoms with Crippen molar-refractivity contribution in [1.82, 2.24) is 5.32 Å². The number of likely N-dealkylation sites (N-methyl/N-ethyl adjacent to an activating group) is 1. The fourth-order valence-electron chi connectivity index (χ4n) is 2.53. The molecule has 12 heteroatoms. The third kappa shape index (κ3) is 5.80. The molecule has 7 nitrogen and oxygen atoms in total. The van der Waals surface area contributed by atoms with E-state index >= 15 is 0 Å². The van der Waals surface area contributed by atoms with Gasteiger partial charge in [-0.2, -0.15) is 13.2 Å². The molecule has 0 radical (unpaired) electrons. The van der Waals surface area contributed by atoms with Gasteiger partial charge >= 0.3 is 12.1 Å². The molecule has 0 fully saturated rings. The second-order valence-corrected chi connectivity index (χ2v) is 8.51. The van der Waals surface area contributed by atoms with E-state index < -0.39 is 45.1 Å². The number of hydrogen-bond donors (Lipinski definition) is 1. The number of benzene rings is 2. The Kier molecular flexibility index (Phi) is 7.92. The van der Waals surface area contributed by atoms with Gasteiger partial charge < -0.3 is 10.1 Å². The summed E-state index contributed by atoms with van der Waals surface area (Å²) in [5.74, 6) is -1.57. The van der Waals surface area contributed by atoms with Crippen molar-refractivity contribution in [1.29, 1.82) is 0 Å². The number of halogens is 4. The predicted octanol–water partition coefficient (Wildman–Crippen LogP) is 3.64. The summed E-state index contributed by atoms with van der Waals surface area (Å²) >= 11 is 6.04. The topological polar surface area (TPSA) is 92.8 Å². The van der Waals surface area contributed by atoms with Crippen LogP contribution in [0.2, 0.25) is 5.02 Å². The van der Waals surface area contributed by atoms with Gasteiger partial charge in [0.2, 0.25) is 0 Å². The average molecular weight is 491 g/mol. The molecular formula is C20H18ClF3N2O5S. The summed E-state index contributed by atoms with van der Waals surface area (Å²) in [5.41, 5.74) is -1.54. The van der Waals surface area contributed by atoms with Crippen molar-refractivity contribution < 1.29 is 35.9 Å². The van der Waals surface area contributed by atoms with Crippen LogP contribution in [0.3, 0.4) is 0 Å². The van der Waals surface area contributed by atoms with E-state index in [1.165, 1.54) is 25.3 Å². The van der Waals surface area contributed by atoms with E-state index in [2.05, 4.69) is 11.9 Å². The number of alkyl halides is 3. The first-order valence-electron chi connectivity index (χ1n) is 8.90. The summed E-state index contributed by atoms with van der Waals surface area (Å²) in [6.45, 7) is 2.49. The highest BCUT2D eigenvalue weighted by Crippen LogP contribution is 2.34. The number of rotatable bonds is 8. The van der Waals surface area contributed by atoms with Crippen molar-refractivity contribution >= 4 is 39.2 Å². The molecule has 2 aromatic carbocycles. The molecule has 0 aliphatic heterocycles. The molecule has 1 amide bonds. The molecule has 172 valence electrons. The molecule has 0 saturated carbocycles. The first-order valence-corrected chi connectivity index (χ1v) is 10.7. The van der Waals surface area contributed by atoms with Gasteiger partial charge in [0.25, 0.3) is 15.9 Å². The van der Waals surface area contributed by atoms with E-state index in [0.29, 0.717) is 10.4 Å². The quantitative estimate of drug-likeness (QED) is 0.450. The monoisotopic (exact) mass is 490 g/mol. The van der Waals surface area contributed by atoms with Gasteiger partial charge in [0.15, 0.2) is 6.61 Å². The number of carbonyl (C=O) groups is 2. The Morgan fingerprint density at radius 1 is 1.22 bits per heavy atom. The SMILES string of the molecule is C=CCN(c1cccc(C(F)(F)F)c1)S(=O)(=O)c1cc(C(=O)OCC(=O)NC)ccc1Cl. The predicted molar refractivity (Wildman–Crippen MR) is 112 cm³/mol. The number of amides is 1. The van der Waals surface area contributed by atoms with E-state index in [9.17, 15) is 31.2 Å². The first kappa shape index (κ1) is 25.2. The maximum Gasteiger partial charge on any atom is 0.416 e. The third-order valence-electron chi connectivity index (χ3n) is 4.10. The van der Waals surface area contributed by atoms with Gasteiger partial charge in [0.1, 0.15) is 4.90 Å². The summed E-state index contributed by atoms with van der Waals surface area (Å²) < 4.78 is 71.4. The van der Waals surface area contributed by atoms with Gasteiger partial charge in [-0.1, -0.05) is 23.7 Å². The summed E-state index contributed by atoms with van der Waals surface area (Å²) in [6.07, 6.45) is -3.50. The molecule has 0 spiro atoms. The van der Waals surface area contributed by atoms with Crippen LogP contribution in [0, 0.1) is 0 Å². The summed E-state index contributed by atoms with van der Waals surface area (Å²) in [4.78, 5) is 22.9. The molecule has 0 atom stereocenters. The molecule has 0 aliphatic rings. The lowest BCUT2D eigenvalue weighted by molar-refractivity contribution is -0.137. The number of nitrogens with one attached hydrogen (secondary N) is 1. The number of nitrogens with zero attached hydrogens (tertiary/aromatic N) is 1. The average Bonchev–Trinajstić information content (AvgIpc) is 2.75. The van der Waals surface area contributed by atoms with Crippen LogP contribution in [-0.4, -0.2) is 40.5 Å². The second-order valence-electron chi connectivity index (χ2n) is 6.27.